The van der Waals surface area contributed by atoms with Gasteiger partial charge in [0.2, 0.25) is 0 Å². The topological polar surface area (TPSA) is 80.9 Å². The number of aryl methyl sites for hydroxylation is 2. The Bertz CT molecular complexity index is 1360. The van der Waals surface area contributed by atoms with E-state index in [2.05, 4.69) is 6.92 Å². The van der Waals surface area contributed by atoms with Crippen LogP contribution in [0, 0.1) is 6.92 Å². The van der Waals surface area contributed by atoms with Crippen molar-refractivity contribution >= 4 is 17.6 Å². The molecule has 0 fully saturated rings. The van der Waals surface area contributed by atoms with Gasteiger partial charge in [0.1, 0.15) is 5.65 Å². The Morgan fingerprint density at radius 1 is 1.03 bits per heavy atom. The molecule has 1 unspecified atom stereocenters. The van der Waals surface area contributed by atoms with Gasteiger partial charge in [-0.25, -0.2) is 9.78 Å². The normalized spacial score (nSPS) is 12.0. The van der Waals surface area contributed by atoms with Crippen LogP contribution in [0.3, 0.4) is 0 Å². The minimum Gasteiger partial charge on any atom is -0.478 e. The number of carboxylic acids is 1. The van der Waals surface area contributed by atoms with E-state index in [0.717, 1.165) is 53.0 Å². The Kier molecular flexibility index (Phi) is 7.30. The second kappa shape index (κ2) is 10.6. The third-order valence-electron chi connectivity index (χ3n) is 6.17. The molecule has 1 atom stereocenters. The van der Waals surface area contributed by atoms with Gasteiger partial charge in [-0.1, -0.05) is 68.8 Å². The highest BCUT2D eigenvalue weighted by Gasteiger charge is 2.23. The number of unbranched alkanes of at least 4 members (excludes halogenated alkanes) is 1. The first-order chi connectivity index (χ1) is 16.9. The van der Waals surface area contributed by atoms with E-state index in [-0.39, 0.29) is 18.0 Å². The van der Waals surface area contributed by atoms with Crippen molar-refractivity contribution < 1.29 is 19.4 Å². The summed E-state index contributed by atoms with van der Waals surface area (Å²) >= 11 is 0. The number of ether oxygens (including phenoxy) is 1. The first kappa shape index (κ1) is 24.2. The van der Waals surface area contributed by atoms with Crippen LogP contribution in [-0.2, 0) is 16.0 Å². The minimum absolute atomic E-state index is 0.243. The first-order valence-electron chi connectivity index (χ1n) is 12.0. The van der Waals surface area contributed by atoms with E-state index < -0.39 is 12.1 Å². The molecule has 4 rings (SSSR count). The highest BCUT2D eigenvalue weighted by Crippen LogP contribution is 2.31. The fourth-order valence-corrected chi connectivity index (χ4v) is 4.23. The summed E-state index contributed by atoms with van der Waals surface area (Å²) in [5, 5.41) is 9.56. The number of carboxylic acid groups (broad SMARTS) is 1. The van der Waals surface area contributed by atoms with Gasteiger partial charge in [-0.15, -0.1) is 0 Å². The van der Waals surface area contributed by atoms with Crippen LogP contribution in [0.4, 0.5) is 0 Å². The van der Waals surface area contributed by atoms with Gasteiger partial charge < -0.3 is 9.84 Å². The zero-order chi connectivity index (χ0) is 24.9. The number of hydrogen-bond acceptors (Lipinski definition) is 4. The van der Waals surface area contributed by atoms with Crippen LogP contribution in [0.1, 0.15) is 72.1 Å². The van der Waals surface area contributed by atoms with Crippen LogP contribution in [0.2, 0.25) is 0 Å². The maximum Gasteiger partial charge on any atom is 0.336 e. The zero-order valence-electron chi connectivity index (χ0n) is 20.3. The smallest absolute Gasteiger partial charge is 0.336 e. The van der Waals surface area contributed by atoms with E-state index in [1.165, 1.54) is 0 Å². The molecule has 6 nitrogen and oxygen atoms in total. The molecule has 2 aromatic carbocycles. The number of aromatic carboxylic acids is 1. The Morgan fingerprint density at radius 3 is 2.46 bits per heavy atom. The molecule has 0 amide bonds. The van der Waals surface area contributed by atoms with Crippen molar-refractivity contribution in [2.45, 2.75) is 52.6 Å². The maximum absolute atomic E-state index is 12.4. The number of hydrogen-bond donors (Lipinski definition) is 1. The van der Waals surface area contributed by atoms with Crippen LogP contribution in [-0.4, -0.2) is 26.4 Å². The van der Waals surface area contributed by atoms with Gasteiger partial charge in [-0.2, -0.15) is 0 Å². The van der Waals surface area contributed by atoms with E-state index >= 15 is 0 Å². The lowest BCUT2D eigenvalue weighted by Gasteiger charge is -2.21. The fourth-order valence-electron chi connectivity index (χ4n) is 4.23. The van der Waals surface area contributed by atoms with Gasteiger partial charge >= 0.3 is 11.9 Å². The summed E-state index contributed by atoms with van der Waals surface area (Å²) in [6, 6.07) is 18.4. The van der Waals surface area contributed by atoms with Gasteiger partial charge in [0, 0.05) is 12.6 Å². The third-order valence-corrected chi connectivity index (χ3v) is 6.17. The summed E-state index contributed by atoms with van der Waals surface area (Å²) < 4.78 is 7.97. The molecular formula is C29H30N2O4. The maximum atomic E-state index is 12.4. The molecule has 0 aliphatic heterocycles. The van der Waals surface area contributed by atoms with Gasteiger partial charge in [-0.3, -0.25) is 9.20 Å². The van der Waals surface area contributed by atoms with E-state index in [4.69, 9.17) is 9.72 Å². The molecule has 0 radical (unpaired) electrons. The average molecular weight is 471 g/mol. The van der Waals surface area contributed by atoms with Crippen molar-refractivity contribution in [3.63, 3.8) is 0 Å². The van der Waals surface area contributed by atoms with E-state index in [9.17, 15) is 14.7 Å². The van der Waals surface area contributed by atoms with Gasteiger partial charge in [0.15, 0.2) is 6.10 Å². The molecule has 1 N–H and O–H groups in total. The largest absolute Gasteiger partial charge is 0.478 e. The lowest BCUT2D eigenvalue weighted by molar-refractivity contribution is -0.147. The molecule has 6 heteroatoms. The Hall–Kier alpha value is -3.93. The summed E-state index contributed by atoms with van der Waals surface area (Å²) in [6.07, 6.45) is 4.73. The van der Waals surface area contributed by atoms with Crippen LogP contribution < -0.4 is 0 Å². The lowest BCUT2D eigenvalue weighted by Crippen LogP contribution is -2.15. The van der Waals surface area contributed by atoms with Gasteiger partial charge in [0.05, 0.1) is 17.0 Å². The predicted molar refractivity (Wildman–Crippen MR) is 136 cm³/mol. The highest BCUT2D eigenvalue weighted by molar-refractivity contribution is 5.96. The monoisotopic (exact) mass is 470 g/mol. The van der Waals surface area contributed by atoms with Crippen LogP contribution in [0.15, 0.2) is 66.9 Å². The molecule has 0 saturated carbocycles. The van der Waals surface area contributed by atoms with Crippen LogP contribution >= 0.6 is 0 Å². The molecular weight excluding hydrogens is 440 g/mol. The number of fused-ring (bicyclic) bond motifs is 1. The van der Waals surface area contributed by atoms with Gasteiger partial charge in [0.25, 0.3) is 0 Å². The number of rotatable bonds is 9. The molecule has 0 saturated heterocycles. The predicted octanol–water partition coefficient (Wildman–Crippen LogP) is 6.39. The Balaban J connectivity index is 1.78. The van der Waals surface area contributed by atoms with E-state index in [0.29, 0.717) is 5.56 Å². The molecule has 35 heavy (non-hydrogen) atoms. The number of benzene rings is 2. The highest BCUT2D eigenvalue weighted by atomic mass is 16.5. The van der Waals surface area contributed by atoms with Crippen molar-refractivity contribution in [1.82, 2.24) is 9.38 Å². The third kappa shape index (κ3) is 5.11. The van der Waals surface area contributed by atoms with E-state index in [1.54, 1.807) is 25.1 Å². The number of aromatic nitrogens is 2. The zero-order valence-corrected chi connectivity index (χ0v) is 20.3. The second-order valence-electron chi connectivity index (χ2n) is 8.67. The molecule has 4 aromatic rings. The molecule has 0 spiro atoms. The molecule has 2 aromatic heterocycles. The number of carbonyl (C=O) groups excluding carboxylic acids is 1. The summed E-state index contributed by atoms with van der Waals surface area (Å²) in [6.45, 7) is 5.96. The lowest BCUT2D eigenvalue weighted by atomic mass is 9.96. The minimum atomic E-state index is -0.972. The Labute approximate surface area is 205 Å². The first-order valence-corrected chi connectivity index (χ1v) is 12.0. The summed E-state index contributed by atoms with van der Waals surface area (Å²) in [5.74, 6) is -1.27. The van der Waals surface area contributed by atoms with Crippen molar-refractivity contribution in [2.75, 3.05) is 0 Å². The molecule has 0 aliphatic rings. The fraction of sp³-hybridized carbons (Fsp3) is 0.276. The van der Waals surface area contributed by atoms with E-state index in [1.807, 2.05) is 60.0 Å². The number of carbonyl (C=O) groups is 2. The number of esters is 1. The second-order valence-corrected chi connectivity index (χ2v) is 8.67. The van der Waals surface area contributed by atoms with Gasteiger partial charge in [-0.05, 0) is 54.2 Å². The summed E-state index contributed by atoms with van der Waals surface area (Å²) in [4.78, 5) is 28.9. The SMILES string of the molecule is CCCCc1cn2c(C(OC(=O)CC)c3ccc(-c4ccccc4C(=O)O)cc3)ccc(C)c2n1. The number of nitrogens with zero attached hydrogens (tertiary/aromatic N) is 2. The quantitative estimate of drug-likeness (QED) is 0.287. The van der Waals surface area contributed by atoms with Crippen molar-refractivity contribution in [3.05, 3.63) is 94.9 Å². The average Bonchev–Trinajstić information content (AvgIpc) is 3.31. The molecule has 0 bridgehead atoms. The number of imidazole rings is 1. The standard InChI is InChI=1S/C29H30N2O4/c1-4-6-9-22-18-31-25(17-12-19(3)28(31)30-22)27(35-26(32)5-2)21-15-13-20(14-16-21)23-10-7-8-11-24(23)29(33)34/h7-8,10-18,27H,4-6,9H2,1-3H3,(H,33,34). The van der Waals surface area contributed by atoms with Crippen molar-refractivity contribution in [3.8, 4) is 11.1 Å². The molecule has 0 aliphatic carbocycles. The van der Waals surface area contributed by atoms with Crippen molar-refractivity contribution in [1.29, 1.82) is 0 Å². The Morgan fingerprint density at radius 2 is 1.77 bits per heavy atom. The summed E-state index contributed by atoms with van der Waals surface area (Å²) in [5.41, 5.74) is 6.22. The number of pyridine rings is 1. The summed E-state index contributed by atoms with van der Waals surface area (Å²) in [7, 11) is 0. The van der Waals surface area contributed by atoms with Crippen LogP contribution in [0.25, 0.3) is 16.8 Å². The van der Waals surface area contributed by atoms with Crippen molar-refractivity contribution in [2.24, 2.45) is 0 Å². The van der Waals surface area contributed by atoms with Crippen LogP contribution in [0.5, 0.6) is 0 Å². The molecule has 2 heterocycles. The molecule has 180 valence electrons.